The Hall–Kier alpha value is -3.42. The molecule has 0 radical (unpaired) electrons. The highest BCUT2D eigenvalue weighted by Gasteiger charge is 2.39. The molecule has 0 bridgehead atoms. The van der Waals surface area contributed by atoms with Crippen molar-refractivity contribution in [2.45, 2.75) is 39.2 Å². The third-order valence-electron chi connectivity index (χ3n) is 5.87. The van der Waals surface area contributed by atoms with Crippen molar-refractivity contribution < 1.29 is 22.7 Å². The summed E-state index contributed by atoms with van der Waals surface area (Å²) in [7, 11) is 0. The number of nitrogens with one attached hydrogen (secondary N) is 1. The Labute approximate surface area is 236 Å². The maximum absolute atomic E-state index is 13.4. The van der Waals surface area contributed by atoms with Crippen LogP contribution in [0.4, 0.5) is 23.5 Å². The minimum absolute atomic E-state index is 0.0752. The molecule has 214 valence electrons. The first kappa shape index (κ1) is 29.6. The quantitative estimate of drug-likeness (QED) is 0.249. The second kappa shape index (κ2) is 11.6. The molecule has 0 aliphatic heterocycles. The number of hydrogen-bond acceptors (Lipinski definition) is 6. The van der Waals surface area contributed by atoms with E-state index >= 15 is 0 Å². The van der Waals surface area contributed by atoms with Crippen LogP contribution in [0.3, 0.4) is 0 Å². The zero-order chi connectivity index (χ0) is 29.2. The molecule has 15 heteroatoms. The molecule has 4 aromatic rings. The van der Waals surface area contributed by atoms with Crippen LogP contribution in [0.5, 0.6) is 0 Å². The standard InChI is InChI=1S/C25H25Cl2F4N7O2/c1-24(2,13-28)14-32-22-33-20(34-38(22)18-6-4-3-5-17(18)27)12-37-23(40)36(11-19(39)25(29,30)31)21(35-37)15-7-9-16(26)10-8-15/h3-10,19,39H,11-14H2,1-2H3,(H,32,33,34)/t19-/m0/s1. The number of aromatic nitrogens is 6. The molecule has 1 atom stereocenters. The van der Waals surface area contributed by atoms with Crippen molar-refractivity contribution in [2.75, 3.05) is 18.5 Å². The van der Waals surface area contributed by atoms with Crippen LogP contribution in [0.25, 0.3) is 17.1 Å². The fraction of sp³-hybridized carbons (Fsp3) is 0.360. The number of halogens is 6. The van der Waals surface area contributed by atoms with Crippen LogP contribution >= 0.6 is 23.2 Å². The normalized spacial score (nSPS) is 13.0. The molecule has 0 aliphatic rings. The summed E-state index contributed by atoms with van der Waals surface area (Å²) < 4.78 is 55.9. The number of alkyl halides is 4. The minimum Gasteiger partial charge on any atom is -0.382 e. The lowest BCUT2D eigenvalue weighted by atomic mass is 9.96. The Morgan fingerprint density at radius 1 is 1.05 bits per heavy atom. The fourth-order valence-corrected chi connectivity index (χ4v) is 3.97. The second-order valence-electron chi connectivity index (χ2n) is 9.80. The third-order valence-corrected chi connectivity index (χ3v) is 6.44. The molecule has 0 fully saturated rings. The summed E-state index contributed by atoms with van der Waals surface area (Å²) in [4.78, 5) is 17.7. The number of benzene rings is 2. The van der Waals surface area contributed by atoms with E-state index in [0.29, 0.717) is 21.3 Å². The Morgan fingerprint density at radius 2 is 1.73 bits per heavy atom. The van der Waals surface area contributed by atoms with E-state index in [1.807, 2.05) is 0 Å². The van der Waals surface area contributed by atoms with Crippen molar-refractivity contribution in [3.63, 3.8) is 0 Å². The van der Waals surface area contributed by atoms with E-state index in [1.54, 1.807) is 38.1 Å². The van der Waals surface area contributed by atoms with Gasteiger partial charge in [0.25, 0.3) is 0 Å². The lowest BCUT2D eigenvalue weighted by molar-refractivity contribution is -0.207. The molecule has 0 aliphatic carbocycles. The Morgan fingerprint density at radius 3 is 2.35 bits per heavy atom. The van der Waals surface area contributed by atoms with Crippen molar-refractivity contribution in [3.8, 4) is 17.1 Å². The van der Waals surface area contributed by atoms with Crippen molar-refractivity contribution >= 4 is 29.2 Å². The van der Waals surface area contributed by atoms with E-state index < -0.39 is 36.6 Å². The molecule has 0 saturated heterocycles. The molecular weight excluding hydrogens is 577 g/mol. The lowest BCUT2D eigenvalue weighted by Gasteiger charge is -2.21. The number of rotatable bonds is 10. The zero-order valence-electron chi connectivity index (χ0n) is 21.3. The van der Waals surface area contributed by atoms with Crippen LogP contribution in [0.2, 0.25) is 10.0 Å². The molecule has 2 N–H and O–H groups in total. The predicted molar refractivity (Wildman–Crippen MR) is 143 cm³/mol. The average molecular weight is 602 g/mol. The third kappa shape index (κ3) is 6.65. The van der Waals surface area contributed by atoms with Crippen LogP contribution in [-0.4, -0.2) is 59.7 Å². The molecule has 2 aromatic heterocycles. The lowest BCUT2D eigenvalue weighted by Crippen LogP contribution is -2.37. The predicted octanol–water partition coefficient (Wildman–Crippen LogP) is 4.98. The van der Waals surface area contributed by atoms with E-state index in [0.717, 1.165) is 9.25 Å². The van der Waals surface area contributed by atoms with Crippen molar-refractivity contribution in [2.24, 2.45) is 5.41 Å². The Balaban J connectivity index is 1.76. The molecule has 0 spiro atoms. The average Bonchev–Trinajstić information content (AvgIpc) is 3.44. The van der Waals surface area contributed by atoms with Gasteiger partial charge in [0.2, 0.25) is 5.95 Å². The topological polar surface area (TPSA) is 103 Å². The van der Waals surface area contributed by atoms with E-state index in [-0.39, 0.29) is 30.7 Å². The van der Waals surface area contributed by atoms with Crippen molar-refractivity contribution in [3.05, 3.63) is 74.9 Å². The molecule has 0 amide bonds. The van der Waals surface area contributed by atoms with Gasteiger partial charge in [-0.15, -0.1) is 10.2 Å². The van der Waals surface area contributed by atoms with Crippen LogP contribution < -0.4 is 11.0 Å². The molecule has 2 heterocycles. The van der Waals surface area contributed by atoms with Gasteiger partial charge in [-0.05, 0) is 36.4 Å². The number of aliphatic hydroxyl groups excluding tert-OH is 1. The largest absolute Gasteiger partial charge is 0.416 e. The summed E-state index contributed by atoms with van der Waals surface area (Å²) in [5.74, 6) is 0.173. The van der Waals surface area contributed by atoms with Gasteiger partial charge in [0.1, 0.15) is 6.54 Å². The molecule has 0 unspecified atom stereocenters. The van der Waals surface area contributed by atoms with Gasteiger partial charge in [0.05, 0.1) is 23.9 Å². The van der Waals surface area contributed by atoms with E-state index in [2.05, 4.69) is 20.5 Å². The first-order chi connectivity index (χ1) is 18.8. The van der Waals surface area contributed by atoms with Gasteiger partial charge in [0, 0.05) is 22.5 Å². The number of anilines is 1. The van der Waals surface area contributed by atoms with Crippen LogP contribution in [0.1, 0.15) is 19.7 Å². The number of para-hydroxylation sites is 1. The second-order valence-corrected chi connectivity index (χ2v) is 10.6. The number of hydrogen-bond donors (Lipinski definition) is 2. The molecule has 4 rings (SSSR count). The van der Waals surface area contributed by atoms with Gasteiger partial charge in [-0.1, -0.05) is 49.2 Å². The number of aliphatic hydroxyl groups is 1. The smallest absolute Gasteiger partial charge is 0.382 e. The summed E-state index contributed by atoms with van der Waals surface area (Å²) in [6.07, 6.45) is -7.76. The van der Waals surface area contributed by atoms with Gasteiger partial charge >= 0.3 is 11.9 Å². The molecule has 40 heavy (non-hydrogen) atoms. The van der Waals surface area contributed by atoms with Crippen LogP contribution in [-0.2, 0) is 13.1 Å². The monoisotopic (exact) mass is 601 g/mol. The summed E-state index contributed by atoms with van der Waals surface area (Å²) in [6.45, 7) is 1.63. The summed E-state index contributed by atoms with van der Waals surface area (Å²) in [5.41, 5.74) is -0.883. The molecular formula is C25H25Cl2F4N7O2. The fourth-order valence-electron chi connectivity index (χ4n) is 3.62. The number of nitrogens with zero attached hydrogens (tertiary/aromatic N) is 6. The maximum Gasteiger partial charge on any atom is 0.416 e. The Kier molecular flexibility index (Phi) is 8.57. The van der Waals surface area contributed by atoms with Gasteiger partial charge in [-0.25, -0.2) is 9.48 Å². The van der Waals surface area contributed by atoms with E-state index in [4.69, 9.17) is 23.2 Å². The van der Waals surface area contributed by atoms with Gasteiger partial charge in [0.15, 0.2) is 17.8 Å². The van der Waals surface area contributed by atoms with E-state index in [9.17, 15) is 27.5 Å². The molecule has 9 nitrogen and oxygen atoms in total. The Bertz CT molecular complexity index is 1530. The first-order valence-corrected chi connectivity index (χ1v) is 12.7. The van der Waals surface area contributed by atoms with Crippen molar-refractivity contribution in [1.82, 2.24) is 29.1 Å². The SMILES string of the molecule is CC(C)(CF)CNc1nc(Cn2nc(-c3ccc(Cl)cc3)n(C[C@H](O)C(F)(F)F)c2=O)nn1-c1ccccc1Cl. The summed E-state index contributed by atoms with van der Waals surface area (Å²) >= 11 is 12.3. The first-order valence-electron chi connectivity index (χ1n) is 12.0. The van der Waals surface area contributed by atoms with Crippen LogP contribution in [0.15, 0.2) is 53.3 Å². The highest BCUT2D eigenvalue weighted by Crippen LogP contribution is 2.26. The van der Waals surface area contributed by atoms with Crippen molar-refractivity contribution in [1.29, 1.82) is 0 Å². The van der Waals surface area contributed by atoms with Gasteiger partial charge in [-0.3, -0.25) is 8.96 Å². The van der Waals surface area contributed by atoms with Gasteiger partial charge in [-0.2, -0.15) is 22.8 Å². The summed E-state index contributed by atoms with van der Waals surface area (Å²) in [6, 6.07) is 12.8. The van der Waals surface area contributed by atoms with E-state index in [1.165, 1.54) is 28.9 Å². The molecule has 0 saturated carbocycles. The van der Waals surface area contributed by atoms with Gasteiger partial charge < -0.3 is 10.4 Å². The highest BCUT2D eigenvalue weighted by molar-refractivity contribution is 6.32. The molecule has 2 aromatic carbocycles. The maximum atomic E-state index is 13.4. The van der Waals surface area contributed by atoms with Crippen LogP contribution in [0, 0.1) is 5.41 Å². The highest BCUT2D eigenvalue weighted by atomic mass is 35.5. The summed E-state index contributed by atoms with van der Waals surface area (Å²) in [5, 5.41) is 22.1. The zero-order valence-corrected chi connectivity index (χ0v) is 22.8. The minimum atomic E-state index is -4.96.